The first-order chi connectivity index (χ1) is 9.65. The second kappa shape index (κ2) is 7.62. The van der Waals surface area contributed by atoms with Gasteiger partial charge in [-0.25, -0.2) is 0 Å². The highest BCUT2D eigenvalue weighted by atomic mass is 35.5. The molecule has 1 fully saturated rings. The van der Waals surface area contributed by atoms with Gasteiger partial charge in [0.2, 0.25) is 5.91 Å². The fraction of sp³-hybridized carbons (Fsp3) is 0.533. The van der Waals surface area contributed by atoms with Gasteiger partial charge in [0.15, 0.2) is 0 Å². The maximum atomic E-state index is 11.9. The lowest BCUT2D eigenvalue weighted by Gasteiger charge is -2.22. The van der Waals surface area contributed by atoms with Crippen molar-refractivity contribution in [2.24, 2.45) is 0 Å². The number of ether oxygens (including phenoxy) is 1. The van der Waals surface area contributed by atoms with Crippen LogP contribution in [0.5, 0.6) is 0 Å². The van der Waals surface area contributed by atoms with Gasteiger partial charge in [0.05, 0.1) is 12.6 Å². The summed E-state index contributed by atoms with van der Waals surface area (Å²) in [5, 5.41) is 6.62. The van der Waals surface area contributed by atoms with Crippen LogP contribution in [0.2, 0.25) is 5.02 Å². The van der Waals surface area contributed by atoms with Crippen LogP contribution in [0.1, 0.15) is 24.8 Å². The van der Waals surface area contributed by atoms with Gasteiger partial charge in [-0.05, 0) is 43.9 Å². The zero-order valence-corrected chi connectivity index (χ0v) is 12.5. The molecule has 4 nitrogen and oxygen atoms in total. The molecule has 1 atom stereocenters. The predicted molar refractivity (Wildman–Crippen MR) is 81.3 cm³/mol. The van der Waals surface area contributed by atoms with Crippen molar-refractivity contribution in [1.29, 1.82) is 0 Å². The number of hydrogen-bond acceptors (Lipinski definition) is 3. The van der Waals surface area contributed by atoms with E-state index in [1.165, 1.54) is 6.42 Å². The maximum absolute atomic E-state index is 11.9. The zero-order chi connectivity index (χ0) is 14.4. The normalized spacial score (nSPS) is 18.8. The molecule has 1 aliphatic heterocycles. The Hall–Kier alpha value is -1.10. The quantitative estimate of drug-likeness (QED) is 0.878. The molecule has 5 heteroatoms. The molecule has 1 aromatic carbocycles. The van der Waals surface area contributed by atoms with Crippen LogP contribution in [0, 0.1) is 6.92 Å². The van der Waals surface area contributed by atoms with E-state index in [-0.39, 0.29) is 18.6 Å². The molecular weight excluding hydrogens is 276 g/mol. The van der Waals surface area contributed by atoms with Gasteiger partial charge in [0, 0.05) is 23.9 Å². The van der Waals surface area contributed by atoms with E-state index in [2.05, 4.69) is 10.6 Å². The van der Waals surface area contributed by atoms with E-state index in [1.807, 2.05) is 19.1 Å². The first kappa shape index (κ1) is 15.3. The van der Waals surface area contributed by atoms with Crippen molar-refractivity contribution in [3.05, 3.63) is 28.8 Å². The molecule has 1 unspecified atom stereocenters. The largest absolute Gasteiger partial charge is 0.377 e. The Morgan fingerprint density at radius 2 is 2.30 bits per heavy atom. The van der Waals surface area contributed by atoms with Gasteiger partial charge in [-0.15, -0.1) is 0 Å². The lowest BCUT2D eigenvalue weighted by atomic mass is 10.1. The van der Waals surface area contributed by atoms with Gasteiger partial charge in [-0.1, -0.05) is 17.7 Å². The molecule has 110 valence electrons. The third-order valence-corrected chi connectivity index (χ3v) is 3.64. The summed E-state index contributed by atoms with van der Waals surface area (Å²) in [4.78, 5) is 11.9. The molecule has 20 heavy (non-hydrogen) atoms. The van der Waals surface area contributed by atoms with Gasteiger partial charge in [0.1, 0.15) is 0 Å². The molecular formula is C15H21ClN2O2. The Balaban J connectivity index is 1.73. The van der Waals surface area contributed by atoms with E-state index in [0.29, 0.717) is 5.02 Å². The monoisotopic (exact) mass is 296 g/mol. The summed E-state index contributed by atoms with van der Waals surface area (Å²) in [6, 6.07) is 5.46. The third kappa shape index (κ3) is 4.78. The second-order valence-corrected chi connectivity index (χ2v) is 5.56. The van der Waals surface area contributed by atoms with E-state index in [4.69, 9.17) is 16.3 Å². The van der Waals surface area contributed by atoms with Crippen molar-refractivity contribution in [2.45, 2.75) is 32.3 Å². The fourth-order valence-electron chi connectivity index (χ4n) is 2.24. The molecule has 1 aromatic rings. The molecule has 1 saturated heterocycles. The van der Waals surface area contributed by atoms with E-state index >= 15 is 0 Å². The third-order valence-electron chi connectivity index (χ3n) is 3.41. The summed E-state index contributed by atoms with van der Waals surface area (Å²) in [6.45, 7) is 3.78. The van der Waals surface area contributed by atoms with Crippen LogP contribution in [0.25, 0.3) is 0 Å². The van der Waals surface area contributed by atoms with Gasteiger partial charge < -0.3 is 15.4 Å². The average Bonchev–Trinajstić information content (AvgIpc) is 2.44. The molecule has 0 spiro atoms. The Morgan fingerprint density at radius 1 is 1.45 bits per heavy atom. The van der Waals surface area contributed by atoms with Gasteiger partial charge >= 0.3 is 0 Å². The highest BCUT2D eigenvalue weighted by Crippen LogP contribution is 2.19. The lowest BCUT2D eigenvalue weighted by molar-refractivity contribution is -0.115. The molecule has 1 heterocycles. The van der Waals surface area contributed by atoms with Crippen LogP contribution in [0.15, 0.2) is 18.2 Å². The van der Waals surface area contributed by atoms with Gasteiger partial charge in [-0.2, -0.15) is 0 Å². The van der Waals surface area contributed by atoms with Crippen molar-refractivity contribution in [3.63, 3.8) is 0 Å². The number of carbonyl (C=O) groups excluding carboxylic acids is 1. The first-order valence-corrected chi connectivity index (χ1v) is 7.41. The van der Waals surface area contributed by atoms with Crippen molar-refractivity contribution >= 4 is 23.2 Å². The maximum Gasteiger partial charge on any atom is 0.238 e. The minimum atomic E-state index is -0.0637. The molecule has 1 aliphatic rings. The number of halogens is 1. The summed E-state index contributed by atoms with van der Waals surface area (Å²) < 4.78 is 5.60. The summed E-state index contributed by atoms with van der Waals surface area (Å²) in [7, 11) is 0. The standard InChI is InChI=1S/C15H21ClN2O2/c1-11-5-6-12(16)8-14(11)18-15(19)10-17-9-13-4-2-3-7-20-13/h5-6,8,13,17H,2-4,7,9-10H2,1H3,(H,18,19). The molecule has 2 N–H and O–H groups in total. The Labute approximate surface area is 124 Å². The molecule has 0 radical (unpaired) electrons. The topological polar surface area (TPSA) is 50.4 Å². The Morgan fingerprint density at radius 3 is 3.05 bits per heavy atom. The molecule has 0 aromatic heterocycles. The van der Waals surface area contributed by atoms with Gasteiger partial charge in [-0.3, -0.25) is 4.79 Å². The second-order valence-electron chi connectivity index (χ2n) is 5.13. The molecule has 2 rings (SSSR count). The van der Waals surface area contributed by atoms with E-state index in [9.17, 15) is 4.79 Å². The van der Waals surface area contributed by atoms with Crippen LogP contribution in [-0.2, 0) is 9.53 Å². The number of aryl methyl sites for hydroxylation is 1. The Kier molecular flexibility index (Phi) is 5.83. The average molecular weight is 297 g/mol. The first-order valence-electron chi connectivity index (χ1n) is 7.03. The van der Waals surface area contributed by atoms with E-state index in [0.717, 1.165) is 37.2 Å². The van der Waals surface area contributed by atoms with Crippen LogP contribution in [0.3, 0.4) is 0 Å². The smallest absolute Gasteiger partial charge is 0.238 e. The summed E-state index contributed by atoms with van der Waals surface area (Å²) in [5.41, 5.74) is 1.76. The van der Waals surface area contributed by atoms with Crippen LogP contribution < -0.4 is 10.6 Å². The highest BCUT2D eigenvalue weighted by molar-refractivity contribution is 6.31. The minimum Gasteiger partial charge on any atom is -0.377 e. The summed E-state index contributed by atoms with van der Waals surface area (Å²) in [5.74, 6) is -0.0637. The van der Waals surface area contributed by atoms with Crippen molar-refractivity contribution in [3.8, 4) is 0 Å². The molecule has 1 amide bonds. The van der Waals surface area contributed by atoms with Gasteiger partial charge in [0.25, 0.3) is 0 Å². The lowest BCUT2D eigenvalue weighted by Crippen LogP contribution is -2.36. The van der Waals surface area contributed by atoms with Crippen molar-refractivity contribution in [1.82, 2.24) is 5.32 Å². The number of amides is 1. The number of hydrogen-bond donors (Lipinski definition) is 2. The highest BCUT2D eigenvalue weighted by Gasteiger charge is 2.13. The number of rotatable bonds is 5. The minimum absolute atomic E-state index is 0.0637. The van der Waals surface area contributed by atoms with E-state index < -0.39 is 0 Å². The zero-order valence-electron chi connectivity index (χ0n) is 11.7. The molecule has 0 aliphatic carbocycles. The summed E-state index contributed by atoms with van der Waals surface area (Å²) >= 11 is 5.92. The molecule has 0 bridgehead atoms. The van der Waals surface area contributed by atoms with Crippen molar-refractivity contribution < 1.29 is 9.53 Å². The van der Waals surface area contributed by atoms with Crippen LogP contribution in [-0.4, -0.2) is 31.7 Å². The van der Waals surface area contributed by atoms with Crippen LogP contribution >= 0.6 is 11.6 Å². The predicted octanol–water partition coefficient (Wildman–Crippen LogP) is 2.75. The number of carbonyl (C=O) groups is 1. The van der Waals surface area contributed by atoms with E-state index in [1.54, 1.807) is 6.07 Å². The number of anilines is 1. The number of benzene rings is 1. The SMILES string of the molecule is Cc1ccc(Cl)cc1NC(=O)CNCC1CCCCO1. The number of nitrogens with one attached hydrogen (secondary N) is 2. The fourth-order valence-corrected chi connectivity index (χ4v) is 2.41. The Bertz CT molecular complexity index is 459. The van der Waals surface area contributed by atoms with Crippen molar-refractivity contribution in [2.75, 3.05) is 25.0 Å². The summed E-state index contributed by atoms with van der Waals surface area (Å²) in [6.07, 6.45) is 3.66. The van der Waals surface area contributed by atoms with Crippen LogP contribution in [0.4, 0.5) is 5.69 Å². The molecule has 0 saturated carbocycles.